The van der Waals surface area contributed by atoms with Crippen LogP contribution < -0.4 is 5.32 Å². The highest BCUT2D eigenvalue weighted by Gasteiger charge is 2.14. The van der Waals surface area contributed by atoms with Gasteiger partial charge in [0.25, 0.3) is 0 Å². The molecule has 0 radical (unpaired) electrons. The van der Waals surface area contributed by atoms with Crippen LogP contribution in [0.1, 0.15) is 25.7 Å². The molecule has 14 heavy (non-hydrogen) atoms. The summed E-state index contributed by atoms with van der Waals surface area (Å²) in [5.74, 6) is 1.02. The number of nitrogens with one attached hydrogen (secondary N) is 1. The zero-order valence-corrected chi connectivity index (χ0v) is 9.31. The molecule has 1 fully saturated rings. The lowest BCUT2D eigenvalue weighted by atomic mass is 10.2. The number of pyridine rings is 1. The highest BCUT2D eigenvalue weighted by Crippen LogP contribution is 2.22. The van der Waals surface area contributed by atoms with Gasteiger partial charge in [-0.15, -0.1) is 11.8 Å². The van der Waals surface area contributed by atoms with Crippen molar-refractivity contribution in [2.45, 2.75) is 36.6 Å². The Labute approximate surface area is 89.5 Å². The zero-order valence-electron chi connectivity index (χ0n) is 8.49. The van der Waals surface area contributed by atoms with Gasteiger partial charge in [0.15, 0.2) is 0 Å². The van der Waals surface area contributed by atoms with Crippen LogP contribution in [0.15, 0.2) is 23.2 Å². The lowest BCUT2D eigenvalue weighted by Gasteiger charge is -2.12. The molecule has 1 aliphatic carbocycles. The van der Waals surface area contributed by atoms with Crippen molar-refractivity contribution < 1.29 is 0 Å². The van der Waals surface area contributed by atoms with Gasteiger partial charge in [0.1, 0.15) is 5.82 Å². The highest BCUT2D eigenvalue weighted by atomic mass is 32.2. The quantitative estimate of drug-likeness (QED) is 0.772. The molecule has 1 aromatic rings. The van der Waals surface area contributed by atoms with Crippen molar-refractivity contribution in [3.05, 3.63) is 18.3 Å². The van der Waals surface area contributed by atoms with Crippen LogP contribution >= 0.6 is 11.8 Å². The first-order valence-electron chi connectivity index (χ1n) is 5.15. The van der Waals surface area contributed by atoms with Crippen molar-refractivity contribution in [2.75, 3.05) is 11.6 Å². The fourth-order valence-electron chi connectivity index (χ4n) is 1.87. The summed E-state index contributed by atoms with van der Waals surface area (Å²) in [6.45, 7) is 0. The second-order valence-electron chi connectivity index (χ2n) is 3.71. The van der Waals surface area contributed by atoms with Crippen LogP contribution in [0.5, 0.6) is 0 Å². The van der Waals surface area contributed by atoms with Crippen molar-refractivity contribution in [3.63, 3.8) is 0 Å². The average molecular weight is 208 g/mol. The Balaban J connectivity index is 1.95. The lowest BCUT2D eigenvalue weighted by molar-refractivity contribution is 0.750. The van der Waals surface area contributed by atoms with Crippen LogP contribution in [0.3, 0.4) is 0 Å². The smallest absolute Gasteiger partial charge is 0.126 e. The normalized spacial score (nSPS) is 17.2. The van der Waals surface area contributed by atoms with E-state index in [1.807, 2.05) is 6.20 Å². The molecule has 0 bridgehead atoms. The monoisotopic (exact) mass is 208 g/mol. The summed E-state index contributed by atoms with van der Waals surface area (Å²) in [6, 6.07) is 4.85. The molecular formula is C11H16N2S. The molecule has 2 rings (SSSR count). The molecule has 0 amide bonds. The Morgan fingerprint density at radius 1 is 1.36 bits per heavy atom. The molecule has 0 unspecified atom stereocenters. The van der Waals surface area contributed by atoms with Gasteiger partial charge in [-0.3, -0.25) is 0 Å². The van der Waals surface area contributed by atoms with Gasteiger partial charge in [0.05, 0.1) is 0 Å². The molecule has 1 aromatic heterocycles. The maximum Gasteiger partial charge on any atom is 0.126 e. The van der Waals surface area contributed by atoms with Gasteiger partial charge in [-0.25, -0.2) is 4.98 Å². The van der Waals surface area contributed by atoms with E-state index >= 15 is 0 Å². The standard InChI is InChI=1S/C11H16N2S/c1-14-10-6-7-11(12-8-10)13-9-4-2-3-5-9/h6-9H,2-5H2,1H3,(H,12,13). The maximum absolute atomic E-state index is 4.38. The topological polar surface area (TPSA) is 24.9 Å². The summed E-state index contributed by atoms with van der Waals surface area (Å²) in [5, 5.41) is 3.47. The highest BCUT2D eigenvalue weighted by molar-refractivity contribution is 7.98. The van der Waals surface area contributed by atoms with Gasteiger partial charge in [-0.2, -0.15) is 0 Å². The third-order valence-corrected chi connectivity index (χ3v) is 3.39. The molecular weight excluding hydrogens is 192 g/mol. The second kappa shape index (κ2) is 4.69. The number of anilines is 1. The Bertz CT molecular complexity index is 278. The van der Waals surface area contributed by atoms with Gasteiger partial charge in [-0.05, 0) is 31.2 Å². The minimum atomic E-state index is 0.655. The molecule has 1 heterocycles. The minimum absolute atomic E-state index is 0.655. The van der Waals surface area contributed by atoms with Crippen LogP contribution in [0.2, 0.25) is 0 Å². The van der Waals surface area contributed by atoms with E-state index in [0.29, 0.717) is 6.04 Å². The Hall–Kier alpha value is -0.700. The number of hydrogen-bond acceptors (Lipinski definition) is 3. The van der Waals surface area contributed by atoms with Gasteiger partial charge in [0, 0.05) is 17.1 Å². The fraction of sp³-hybridized carbons (Fsp3) is 0.545. The molecule has 0 spiro atoms. The molecule has 3 heteroatoms. The van der Waals surface area contributed by atoms with Crippen LogP contribution in [-0.2, 0) is 0 Å². The van der Waals surface area contributed by atoms with E-state index in [-0.39, 0.29) is 0 Å². The lowest BCUT2D eigenvalue weighted by Crippen LogP contribution is -2.15. The van der Waals surface area contributed by atoms with Gasteiger partial charge < -0.3 is 5.32 Å². The van der Waals surface area contributed by atoms with Crippen LogP contribution in [-0.4, -0.2) is 17.3 Å². The fourth-order valence-corrected chi connectivity index (χ4v) is 2.23. The summed E-state index contributed by atoms with van der Waals surface area (Å²) in [4.78, 5) is 5.61. The van der Waals surface area contributed by atoms with Gasteiger partial charge in [-0.1, -0.05) is 12.8 Å². The molecule has 1 aliphatic rings. The van der Waals surface area contributed by atoms with Crippen LogP contribution in [0.25, 0.3) is 0 Å². The molecule has 0 saturated heterocycles. The van der Waals surface area contributed by atoms with Crippen LogP contribution in [0.4, 0.5) is 5.82 Å². The molecule has 76 valence electrons. The number of rotatable bonds is 3. The Morgan fingerprint density at radius 2 is 2.14 bits per heavy atom. The number of aromatic nitrogens is 1. The summed E-state index contributed by atoms with van der Waals surface area (Å²) < 4.78 is 0. The predicted molar refractivity (Wildman–Crippen MR) is 61.9 cm³/mol. The van der Waals surface area contributed by atoms with E-state index in [1.165, 1.54) is 30.6 Å². The largest absolute Gasteiger partial charge is 0.367 e. The molecule has 0 aromatic carbocycles. The van der Waals surface area contributed by atoms with Crippen molar-refractivity contribution in [3.8, 4) is 0 Å². The van der Waals surface area contributed by atoms with Crippen molar-refractivity contribution in [1.82, 2.24) is 4.98 Å². The third-order valence-electron chi connectivity index (χ3n) is 2.68. The first kappa shape index (κ1) is 9.84. The minimum Gasteiger partial charge on any atom is -0.367 e. The summed E-state index contributed by atoms with van der Waals surface area (Å²) >= 11 is 1.73. The van der Waals surface area contributed by atoms with Crippen molar-refractivity contribution >= 4 is 17.6 Å². The third kappa shape index (κ3) is 2.41. The van der Waals surface area contributed by atoms with Crippen molar-refractivity contribution in [1.29, 1.82) is 0 Å². The Morgan fingerprint density at radius 3 is 2.71 bits per heavy atom. The summed E-state index contributed by atoms with van der Waals surface area (Å²) in [6.07, 6.45) is 9.32. The van der Waals surface area contributed by atoms with Crippen LogP contribution in [0, 0.1) is 0 Å². The maximum atomic E-state index is 4.38. The number of thioether (sulfide) groups is 1. The van der Waals surface area contributed by atoms with Crippen molar-refractivity contribution in [2.24, 2.45) is 0 Å². The predicted octanol–water partition coefficient (Wildman–Crippen LogP) is 3.16. The van der Waals surface area contributed by atoms with E-state index in [0.717, 1.165) is 5.82 Å². The Kier molecular flexibility index (Phi) is 3.30. The van der Waals surface area contributed by atoms with E-state index in [2.05, 4.69) is 28.7 Å². The summed E-state index contributed by atoms with van der Waals surface area (Å²) in [5.41, 5.74) is 0. The first-order valence-corrected chi connectivity index (χ1v) is 6.37. The SMILES string of the molecule is CSc1ccc(NC2CCCC2)nc1. The van der Waals surface area contributed by atoms with E-state index in [9.17, 15) is 0 Å². The average Bonchev–Trinajstić information content (AvgIpc) is 2.72. The molecule has 1 saturated carbocycles. The van der Waals surface area contributed by atoms with E-state index < -0.39 is 0 Å². The van der Waals surface area contributed by atoms with E-state index in [4.69, 9.17) is 0 Å². The molecule has 0 aliphatic heterocycles. The first-order chi connectivity index (χ1) is 6.88. The second-order valence-corrected chi connectivity index (χ2v) is 4.59. The number of hydrogen-bond donors (Lipinski definition) is 1. The molecule has 2 nitrogen and oxygen atoms in total. The van der Waals surface area contributed by atoms with Gasteiger partial charge in [0.2, 0.25) is 0 Å². The van der Waals surface area contributed by atoms with E-state index in [1.54, 1.807) is 11.8 Å². The van der Waals surface area contributed by atoms with Gasteiger partial charge >= 0.3 is 0 Å². The number of nitrogens with zero attached hydrogens (tertiary/aromatic N) is 1. The zero-order chi connectivity index (χ0) is 9.80. The summed E-state index contributed by atoms with van der Waals surface area (Å²) in [7, 11) is 0. The molecule has 0 atom stereocenters. The molecule has 1 N–H and O–H groups in total.